The second-order valence-electron chi connectivity index (χ2n) is 17.4. The molecule has 0 spiro atoms. The van der Waals surface area contributed by atoms with Crippen molar-refractivity contribution in [1.29, 1.82) is 10.5 Å². The summed E-state index contributed by atoms with van der Waals surface area (Å²) in [6, 6.07) is 77.9. The van der Waals surface area contributed by atoms with Crippen LogP contribution >= 0.6 is 0 Å². The van der Waals surface area contributed by atoms with Crippen molar-refractivity contribution in [3.8, 4) is 40.3 Å². The van der Waals surface area contributed by atoms with Crippen molar-refractivity contribution >= 4 is 65.4 Å². The summed E-state index contributed by atoms with van der Waals surface area (Å²) in [7, 11) is 0. The maximum Gasteiger partial charge on any atom is 0.176 e. The molecule has 5 nitrogen and oxygen atoms in total. The second kappa shape index (κ2) is 17.5. The Morgan fingerprint density at radius 3 is 1.15 bits per heavy atom. The van der Waals surface area contributed by atoms with E-state index in [-0.39, 0.29) is 0 Å². The van der Waals surface area contributed by atoms with E-state index < -0.39 is 23.0 Å². The summed E-state index contributed by atoms with van der Waals surface area (Å²) in [4.78, 5) is 0. The van der Waals surface area contributed by atoms with Gasteiger partial charge in [-0.1, -0.05) is 158 Å². The minimum Gasteiger partial charge on any atom is -0.309 e. The molecule has 336 valence electrons. The minimum absolute atomic E-state index is 0.385. The molecule has 0 amide bonds. The van der Waals surface area contributed by atoms with Gasteiger partial charge in [0.2, 0.25) is 0 Å². The Labute approximate surface area is 406 Å². The van der Waals surface area contributed by atoms with Gasteiger partial charge in [0.05, 0.1) is 55.6 Å². The van der Waals surface area contributed by atoms with Crippen LogP contribution in [0, 0.1) is 40.1 Å². The van der Waals surface area contributed by atoms with Gasteiger partial charge in [0, 0.05) is 44.1 Å². The Bertz CT molecular complexity index is 4150. The van der Waals surface area contributed by atoms with Gasteiger partial charge >= 0.3 is 0 Å². The largest absolute Gasteiger partial charge is 0.309 e. The zero-order chi connectivity index (χ0) is 48.2. The van der Waals surface area contributed by atoms with Gasteiger partial charge in [-0.15, -0.1) is 0 Å². The summed E-state index contributed by atoms with van der Waals surface area (Å²) in [5.41, 5.74) is 15.0. The standard InChI is InChI=1S/C43H26N4.C13H10.C7H2F3N/c44-27-28-25-29(45-36-19-7-1-13-30(36)31-14-2-8-20-37(31)45)26-42(46-38-21-9-3-15-32(38)33-16-4-10-22-39(33)46)43(28)47-40-23-11-5-17-34(40)35-18-6-12-24-41(35)47;1-3-7-12-10(5-1)9-11-6-2-4-8-13(11)12;8-5-1-4(3-11)7(10)6(9)2-5/h1-26H;1-8H,9H2;1-2H. The van der Waals surface area contributed by atoms with Crippen LogP contribution in [0.3, 0.4) is 0 Å². The van der Waals surface area contributed by atoms with Crippen LogP contribution in [0.2, 0.25) is 0 Å². The van der Waals surface area contributed by atoms with Crippen LogP contribution in [0.5, 0.6) is 0 Å². The van der Waals surface area contributed by atoms with E-state index in [1.165, 1.54) is 49.9 Å². The monoisotopic (exact) mass is 921 g/mol. The second-order valence-corrected chi connectivity index (χ2v) is 17.4. The first-order valence-corrected chi connectivity index (χ1v) is 23.2. The average molecular weight is 922 g/mol. The van der Waals surface area contributed by atoms with Gasteiger partial charge in [0.15, 0.2) is 11.6 Å². The van der Waals surface area contributed by atoms with E-state index in [1.807, 2.05) is 0 Å². The third-order valence-corrected chi connectivity index (χ3v) is 13.5. The van der Waals surface area contributed by atoms with Crippen molar-refractivity contribution in [3.05, 3.63) is 258 Å². The van der Waals surface area contributed by atoms with Crippen LogP contribution < -0.4 is 0 Å². The number of para-hydroxylation sites is 6. The zero-order valence-electron chi connectivity index (χ0n) is 37.9. The molecule has 1 aliphatic rings. The number of rotatable bonds is 3. The van der Waals surface area contributed by atoms with Gasteiger partial charge in [0.25, 0.3) is 0 Å². The van der Waals surface area contributed by atoms with Crippen molar-refractivity contribution in [2.45, 2.75) is 6.42 Å². The molecule has 0 unspecified atom stereocenters. The lowest BCUT2D eigenvalue weighted by Gasteiger charge is -2.20. The summed E-state index contributed by atoms with van der Waals surface area (Å²) >= 11 is 0. The summed E-state index contributed by atoms with van der Waals surface area (Å²) in [5, 5.41) is 26.3. The van der Waals surface area contributed by atoms with Crippen LogP contribution in [0.25, 0.3) is 93.6 Å². The van der Waals surface area contributed by atoms with Crippen molar-refractivity contribution < 1.29 is 13.2 Å². The Morgan fingerprint density at radius 1 is 0.366 bits per heavy atom. The van der Waals surface area contributed by atoms with E-state index in [0.29, 0.717) is 17.7 Å². The first kappa shape index (κ1) is 42.7. The summed E-state index contributed by atoms with van der Waals surface area (Å²) in [6.07, 6.45) is 1.10. The number of halogens is 3. The smallest absolute Gasteiger partial charge is 0.176 e. The van der Waals surface area contributed by atoms with Crippen LogP contribution in [0.4, 0.5) is 13.2 Å². The number of nitrogens with zero attached hydrogens (tertiary/aromatic N) is 5. The molecule has 0 fully saturated rings. The van der Waals surface area contributed by atoms with Gasteiger partial charge in [-0.2, -0.15) is 10.5 Å². The van der Waals surface area contributed by atoms with E-state index in [2.05, 4.69) is 226 Å². The van der Waals surface area contributed by atoms with Crippen molar-refractivity contribution in [2.24, 2.45) is 0 Å². The van der Waals surface area contributed by atoms with E-state index in [0.717, 1.165) is 67.4 Å². The van der Waals surface area contributed by atoms with Gasteiger partial charge in [-0.3, -0.25) is 0 Å². The molecule has 1 aliphatic carbocycles. The molecule has 3 heterocycles. The minimum atomic E-state index is -1.35. The van der Waals surface area contributed by atoms with Crippen LogP contribution in [0.15, 0.2) is 218 Å². The molecular weight excluding hydrogens is 884 g/mol. The summed E-state index contributed by atoms with van der Waals surface area (Å²) in [6.45, 7) is 0. The van der Waals surface area contributed by atoms with Crippen molar-refractivity contribution in [3.63, 3.8) is 0 Å². The lowest BCUT2D eigenvalue weighted by molar-refractivity contribution is 0.492. The summed E-state index contributed by atoms with van der Waals surface area (Å²) < 4.78 is 43.9. The lowest BCUT2D eigenvalue weighted by Crippen LogP contribution is -2.08. The molecule has 0 radical (unpaired) electrons. The fourth-order valence-corrected chi connectivity index (χ4v) is 10.5. The van der Waals surface area contributed by atoms with E-state index in [1.54, 1.807) is 0 Å². The highest BCUT2D eigenvalue weighted by Gasteiger charge is 2.24. The molecule has 0 saturated heterocycles. The third kappa shape index (κ3) is 7.09. The highest BCUT2D eigenvalue weighted by Crippen LogP contribution is 2.42. The Kier molecular flexibility index (Phi) is 10.5. The van der Waals surface area contributed by atoms with E-state index >= 15 is 0 Å². The van der Waals surface area contributed by atoms with Crippen LogP contribution in [-0.4, -0.2) is 13.7 Å². The molecule has 71 heavy (non-hydrogen) atoms. The molecule has 3 aromatic heterocycles. The molecule has 0 saturated carbocycles. The fraction of sp³-hybridized carbons (Fsp3) is 0.0159. The number of nitriles is 2. The molecule has 8 heteroatoms. The number of aromatic nitrogens is 3. The predicted molar refractivity (Wildman–Crippen MR) is 280 cm³/mol. The maximum absolute atomic E-state index is 12.4. The van der Waals surface area contributed by atoms with Gasteiger partial charge < -0.3 is 13.7 Å². The van der Waals surface area contributed by atoms with Crippen molar-refractivity contribution in [1.82, 2.24) is 13.7 Å². The van der Waals surface area contributed by atoms with Crippen LogP contribution in [0.1, 0.15) is 22.3 Å². The van der Waals surface area contributed by atoms with Gasteiger partial charge in [-0.05, 0) is 83.3 Å². The normalized spacial score (nSPS) is 11.5. The van der Waals surface area contributed by atoms with Gasteiger partial charge in [0.1, 0.15) is 18.0 Å². The topological polar surface area (TPSA) is 62.4 Å². The Morgan fingerprint density at radius 2 is 0.732 bits per heavy atom. The highest BCUT2D eigenvalue weighted by molar-refractivity contribution is 6.13. The molecule has 10 aromatic carbocycles. The fourth-order valence-electron chi connectivity index (χ4n) is 10.5. The van der Waals surface area contributed by atoms with E-state index in [4.69, 9.17) is 5.26 Å². The number of hydrogen-bond donors (Lipinski definition) is 0. The molecule has 0 aliphatic heterocycles. The van der Waals surface area contributed by atoms with Gasteiger partial charge in [-0.25, -0.2) is 13.2 Å². The molecule has 0 atom stereocenters. The average Bonchev–Trinajstić information content (AvgIpc) is 4.16. The quantitative estimate of drug-likeness (QED) is 0.166. The highest BCUT2D eigenvalue weighted by atomic mass is 19.2. The number of fused-ring (bicyclic) bond motifs is 12. The van der Waals surface area contributed by atoms with Crippen LogP contribution in [-0.2, 0) is 6.42 Å². The third-order valence-electron chi connectivity index (χ3n) is 13.5. The summed E-state index contributed by atoms with van der Waals surface area (Å²) in [5.74, 6) is -3.61. The number of benzene rings is 10. The lowest BCUT2D eigenvalue weighted by atomic mass is 10.1. The SMILES string of the molecule is N#Cc1cc(-n2c3ccccc3c3ccccc32)cc(-n2c3ccccc3c3ccccc32)c1-n1c2ccccc2c2ccccc21.N#Cc1cc(F)cc(F)c1F.c1ccc2c(c1)Cc1ccccc1-2. The molecule has 14 rings (SSSR count). The Hall–Kier alpha value is -9.63. The Balaban J connectivity index is 0.000000175. The molecular formula is C63H38F3N5. The molecule has 0 bridgehead atoms. The first-order chi connectivity index (χ1) is 34.9. The maximum atomic E-state index is 12.4. The first-order valence-electron chi connectivity index (χ1n) is 23.2. The zero-order valence-corrected chi connectivity index (χ0v) is 37.9. The van der Waals surface area contributed by atoms with E-state index in [9.17, 15) is 18.4 Å². The predicted octanol–water partition coefficient (Wildman–Crippen LogP) is 16.1. The molecule has 0 N–H and O–H groups in total. The number of hydrogen-bond acceptors (Lipinski definition) is 2. The van der Waals surface area contributed by atoms with Crippen molar-refractivity contribution in [2.75, 3.05) is 0 Å². The molecule has 13 aromatic rings.